The van der Waals surface area contributed by atoms with E-state index < -0.39 is 5.97 Å². The van der Waals surface area contributed by atoms with Gasteiger partial charge in [-0.2, -0.15) is 0 Å². The minimum absolute atomic E-state index is 0.0765. The Morgan fingerprint density at radius 2 is 2.20 bits per heavy atom. The molecule has 106 valence electrons. The Balaban J connectivity index is 2.15. The van der Waals surface area contributed by atoms with E-state index in [-0.39, 0.29) is 5.91 Å². The summed E-state index contributed by atoms with van der Waals surface area (Å²) in [5.74, 6) is -0.898. The lowest BCUT2D eigenvalue weighted by Gasteiger charge is -2.22. The first kappa shape index (κ1) is 14.6. The maximum absolute atomic E-state index is 11.3. The van der Waals surface area contributed by atoms with Crippen LogP contribution in [0.15, 0.2) is 28.7 Å². The number of carboxylic acids is 1. The molecule has 6 heteroatoms. The van der Waals surface area contributed by atoms with Crippen LogP contribution in [0.4, 0.5) is 5.69 Å². The van der Waals surface area contributed by atoms with E-state index in [1.165, 1.54) is 0 Å². The average molecular weight is 339 g/mol. The summed E-state index contributed by atoms with van der Waals surface area (Å²) in [7, 11) is 0. The van der Waals surface area contributed by atoms with E-state index in [4.69, 9.17) is 5.11 Å². The summed E-state index contributed by atoms with van der Waals surface area (Å²) in [6.07, 6.45) is 3.14. The second kappa shape index (κ2) is 6.56. The first-order valence-electron chi connectivity index (χ1n) is 6.28. The molecule has 0 radical (unpaired) electrons. The van der Waals surface area contributed by atoms with E-state index in [2.05, 4.69) is 26.1 Å². The fourth-order valence-corrected chi connectivity index (χ4v) is 2.53. The SMILES string of the molecule is O=C(O)/C=C/c1ccc(N2CCNC(=O)CC2)cc1Br. The van der Waals surface area contributed by atoms with E-state index in [9.17, 15) is 9.59 Å². The molecule has 1 amide bonds. The van der Waals surface area contributed by atoms with Crippen LogP contribution >= 0.6 is 15.9 Å². The first-order chi connectivity index (χ1) is 9.56. The number of nitrogens with one attached hydrogen (secondary N) is 1. The van der Waals surface area contributed by atoms with Gasteiger partial charge < -0.3 is 15.3 Å². The second-order valence-electron chi connectivity index (χ2n) is 4.46. The van der Waals surface area contributed by atoms with Gasteiger partial charge in [0.2, 0.25) is 5.91 Å². The fraction of sp³-hybridized carbons (Fsp3) is 0.286. The number of halogens is 1. The van der Waals surface area contributed by atoms with Crippen LogP contribution in [0, 0.1) is 0 Å². The van der Waals surface area contributed by atoms with Crippen molar-refractivity contribution < 1.29 is 14.7 Å². The highest BCUT2D eigenvalue weighted by Gasteiger charge is 2.14. The standard InChI is InChI=1S/C14H15BrN2O3/c15-12-9-11(3-1-10(12)2-4-14(19)20)17-7-5-13(18)16-6-8-17/h1-4,9H,5-8H2,(H,16,18)(H,19,20)/b4-2+. The number of hydrogen-bond acceptors (Lipinski definition) is 3. The smallest absolute Gasteiger partial charge is 0.328 e. The van der Waals surface area contributed by atoms with E-state index in [0.29, 0.717) is 19.5 Å². The molecular formula is C14H15BrN2O3. The number of amides is 1. The van der Waals surface area contributed by atoms with Gasteiger partial charge in [0.05, 0.1) is 0 Å². The van der Waals surface area contributed by atoms with Gasteiger partial charge in [0.1, 0.15) is 0 Å². The molecule has 20 heavy (non-hydrogen) atoms. The van der Waals surface area contributed by atoms with Crippen LogP contribution in [0.25, 0.3) is 6.08 Å². The quantitative estimate of drug-likeness (QED) is 0.825. The van der Waals surface area contributed by atoms with Gasteiger partial charge in [0, 0.05) is 42.3 Å². The number of anilines is 1. The van der Waals surface area contributed by atoms with E-state index >= 15 is 0 Å². The number of benzene rings is 1. The van der Waals surface area contributed by atoms with Crippen molar-refractivity contribution in [2.45, 2.75) is 6.42 Å². The molecule has 0 aliphatic carbocycles. The number of carbonyl (C=O) groups is 2. The number of nitrogens with zero attached hydrogens (tertiary/aromatic N) is 1. The molecule has 0 unspecified atom stereocenters. The highest BCUT2D eigenvalue weighted by Crippen LogP contribution is 2.25. The molecule has 2 rings (SSSR count). The van der Waals surface area contributed by atoms with E-state index in [1.54, 1.807) is 6.08 Å². The number of carboxylic acid groups (broad SMARTS) is 1. The van der Waals surface area contributed by atoms with Crippen LogP contribution in [0.5, 0.6) is 0 Å². The highest BCUT2D eigenvalue weighted by molar-refractivity contribution is 9.10. The van der Waals surface area contributed by atoms with Crippen molar-refractivity contribution in [3.8, 4) is 0 Å². The third kappa shape index (κ3) is 3.84. The van der Waals surface area contributed by atoms with Crippen LogP contribution in [0.1, 0.15) is 12.0 Å². The van der Waals surface area contributed by atoms with Gasteiger partial charge >= 0.3 is 5.97 Å². The third-order valence-corrected chi connectivity index (χ3v) is 3.75. The van der Waals surface area contributed by atoms with Gasteiger partial charge in [-0.3, -0.25) is 4.79 Å². The van der Waals surface area contributed by atoms with Gasteiger partial charge in [0.25, 0.3) is 0 Å². The molecule has 1 aromatic carbocycles. The maximum Gasteiger partial charge on any atom is 0.328 e. The minimum atomic E-state index is -0.974. The van der Waals surface area contributed by atoms with Gasteiger partial charge in [-0.25, -0.2) is 4.79 Å². The van der Waals surface area contributed by atoms with Crippen molar-refractivity contribution in [1.29, 1.82) is 0 Å². The van der Waals surface area contributed by atoms with Crippen LogP contribution < -0.4 is 10.2 Å². The summed E-state index contributed by atoms with van der Waals surface area (Å²) in [5.41, 5.74) is 1.82. The van der Waals surface area contributed by atoms with Gasteiger partial charge in [-0.05, 0) is 23.8 Å². The zero-order valence-electron chi connectivity index (χ0n) is 10.8. The first-order valence-corrected chi connectivity index (χ1v) is 7.08. The summed E-state index contributed by atoms with van der Waals surface area (Å²) in [6, 6.07) is 5.73. The third-order valence-electron chi connectivity index (χ3n) is 3.07. The number of rotatable bonds is 3. The van der Waals surface area contributed by atoms with Crippen LogP contribution in [0.3, 0.4) is 0 Å². The van der Waals surface area contributed by atoms with Crippen molar-refractivity contribution in [1.82, 2.24) is 5.32 Å². The van der Waals surface area contributed by atoms with Crippen molar-refractivity contribution in [2.24, 2.45) is 0 Å². The number of carbonyl (C=O) groups excluding carboxylic acids is 1. The number of aliphatic carboxylic acids is 1. The van der Waals surface area contributed by atoms with Crippen molar-refractivity contribution >= 4 is 39.6 Å². The molecule has 1 saturated heterocycles. The molecule has 1 aromatic rings. The van der Waals surface area contributed by atoms with Crippen LogP contribution in [-0.2, 0) is 9.59 Å². The lowest BCUT2D eigenvalue weighted by atomic mass is 10.1. The summed E-state index contributed by atoms with van der Waals surface area (Å²) in [4.78, 5) is 24.0. The zero-order valence-corrected chi connectivity index (χ0v) is 12.4. The molecule has 0 saturated carbocycles. The highest BCUT2D eigenvalue weighted by atomic mass is 79.9. The van der Waals surface area contributed by atoms with Gasteiger partial charge in [-0.1, -0.05) is 22.0 Å². The Morgan fingerprint density at radius 1 is 1.40 bits per heavy atom. The fourth-order valence-electron chi connectivity index (χ4n) is 2.03. The molecule has 1 heterocycles. The number of hydrogen-bond donors (Lipinski definition) is 2. The molecule has 5 nitrogen and oxygen atoms in total. The molecule has 0 bridgehead atoms. The Kier molecular flexibility index (Phi) is 4.79. The average Bonchev–Trinajstić information content (AvgIpc) is 2.62. The summed E-state index contributed by atoms with van der Waals surface area (Å²) < 4.78 is 0.830. The van der Waals surface area contributed by atoms with Crippen molar-refractivity contribution in [2.75, 3.05) is 24.5 Å². The summed E-state index contributed by atoms with van der Waals surface area (Å²) in [6.45, 7) is 2.09. The lowest BCUT2D eigenvalue weighted by Crippen LogP contribution is -2.28. The Labute approximate surface area is 125 Å². The Morgan fingerprint density at radius 3 is 2.90 bits per heavy atom. The Bertz CT molecular complexity index is 557. The molecule has 2 N–H and O–H groups in total. The van der Waals surface area contributed by atoms with E-state index in [1.807, 2.05) is 18.2 Å². The summed E-state index contributed by atoms with van der Waals surface area (Å²) >= 11 is 3.44. The molecule has 1 aliphatic rings. The van der Waals surface area contributed by atoms with Crippen molar-refractivity contribution in [3.05, 3.63) is 34.3 Å². The van der Waals surface area contributed by atoms with Crippen LogP contribution in [0.2, 0.25) is 0 Å². The largest absolute Gasteiger partial charge is 0.478 e. The monoisotopic (exact) mass is 338 g/mol. The minimum Gasteiger partial charge on any atom is -0.478 e. The molecule has 1 fully saturated rings. The van der Waals surface area contributed by atoms with Gasteiger partial charge in [0.15, 0.2) is 0 Å². The normalized spacial score (nSPS) is 16.1. The molecule has 0 spiro atoms. The van der Waals surface area contributed by atoms with E-state index in [0.717, 1.165) is 28.3 Å². The molecular weight excluding hydrogens is 324 g/mol. The zero-order chi connectivity index (χ0) is 14.5. The van der Waals surface area contributed by atoms with Crippen molar-refractivity contribution in [3.63, 3.8) is 0 Å². The molecule has 0 atom stereocenters. The predicted octanol–water partition coefficient (Wildman–Crippen LogP) is 1.87. The Hall–Kier alpha value is -1.82. The molecule has 0 aromatic heterocycles. The van der Waals surface area contributed by atoms with Crippen LogP contribution in [-0.4, -0.2) is 36.6 Å². The molecule has 1 aliphatic heterocycles. The predicted molar refractivity (Wildman–Crippen MR) is 80.7 cm³/mol. The topological polar surface area (TPSA) is 69.6 Å². The summed E-state index contributed by atoms with van der Waals surface area (Å²) in [5, 5.41) is 11.5. The lowest BCUT2D eigenvalue weighted by molar-refractivity contribution is -0.131. The van der Waals surface area contributed by atoms with Gasteiger partial charge in [-0.15, -0.1) is 0 Å². The second-order valence-corrected chi connectivity index (χ2v) is 5.32. The maximum atomic E-state index is 11.3.